The molecule has 1 aromatic heterocycles. The highest BCUT2D eigenvalue weighted by Crippen LogP contribution is 2.38. The lowest BCUT2D eigenvalue weighted by Crippen LogP contribution is -2.46. The van der Waals surface area contributed by atoms with E-state index >= 15 is 0 Å². The van der Waals surface area contributed by atoms with Gasteiger partial charge in [0.05, 0.1) is 24.1 Å². The number of benzene rings is 1. The number of esters is 1. The quantitative estimate of drug-likeness (QED) is 0.552. The zero-order valence-corrected chi connectivity index (χ0v) is 17.8. The molecule has 0 bridgehead atoms. The fourth-order valence-electron chi connectivity index (χ4n) is 4.07. The van der Waals surface area contributed by atoms with Crippen molar-refractivity contribution in [1.82, 2.24) is 4.90 Å². The van der Waals surface area contributed by atoms with Gasteiger partial charge in [0.2, 0.25) is 0 Å². The Kier molecular flexibility index (Phi) is 7.43. The van der Waals surface area contributed by atoms with Gasteiger partial charge in [-0.3, -0.25) is 9.69 Å². The van der Waals surface area contributed by atoms with Gasteiger partial charge in [-0.05, 0) is 63.0 Å². The van der Waals surface area contributed by atoms with Crippen molar-refractivity contribution in [3.05, 3.63) is 59.0 Å². The van der Waals surface area contributed by atoms with Crippen LogP contribution in [0.15, 0.2) is 40.8 Å². The molecule has 3 rings (SSSR count). The van der Waals surface area contributed by atoms with E-state index < -0.39 is 17.2 Å². The highest BCUT2D eigenvalue weighted by atomic mass is 19.4. The van der Waals surface area contributed by atoms with E-state index in [1.165, 1.54) is 6.07 Å². The van der Waals surface area contributed by atoms with Crippen molar-refractivity contribution in [3.63, 3.8) is 0 Å². The summed E-state index contributed by atoms with van der Waals surface area (Å²) in [5.74, 6) is 1.22. The molecule has 0 radical (unpaired) electrons. The van der Waals surface area contributed by atoms with Gasteiger partial charge in [-0.1, -0.05) is 18.2 Å². The lowest BCUT2D eigenvalue weighted by molar-refractivity contribution is -0.158. The molecule has 1 fully saturated rings. The smallest absolute Gasteiger partial charge is 0.416 e. The van der Waals surface area contributed by atoms with Crippen LogP contribution in [-0.2, 0) is 40.0 Å². The first-order chi connectivity index (χ1) is 14.8. The number of methoxy groups -OCH3 is 1. The number of likely N-dealkylation sites (tertiary alicyclic amines) is 1. The van der Waals surface area contributed by atoms with Crippen molar-refractivity contribution in [2.75, 3.05) is 26.8 Å². The second-order valence-electron chi connectivity index (χ2n) is 7.95. The largest absolute Gasteiger partial charge is 0.466 e. The Hall–Kier alpha value is -2.32. The van der Waals surface area contributed by atoms with Gasteiger partial charge in [-0.25, -0.2) is 0 Å². The molecule has 170 valence electrons. The van der Waals surface area contributed by atoms with Crippen LogP contribution < -0.4 is 0 Å². The molecular weight excluding hydrogens is 411 g/mol. The maximum absolute atomic E-state index is 13.1. The maximum atomic E-state index is 13.1. The summed E-state index contributed by atoms with van der Waals surface area (Å²) in [5.41, 5.74) is -1.04. The third-order valence-corrected chi connectivity index (χ3v) is 5.70. The molecule has 1 aliphatic rings. The second kappa shape index (κ2) is 9.87. The number of hydrogen-bond acceptors (Lipinski definition) is 5. The van der Waals surface area contributed by atoms with Gasteiger partial charge in [0, 0.05) is 7.11 Å². The Morgan fingerprint density at radius 3 is 2.52 bits per heavy atom. The lowest BCUT2D eigenvalue weighted by atomic mass is 9.73. The standard InChI is InChI=1S/C23H28F3NO4/c1-3-30-21(28)22(14-17-5-4-6-18(13-17)23(24,25)26)9-11-27(12-10-22)15-19-7-8-20(31-19)16-29-2/h4-8,13H,3,9-12,14-16H2,1-2H3. The number of nitrogens with zero attached hydrogens (tertiary/aromatic N) is 1. The fourth-order valence-corrected chi connectivity index (χ4v) is 4.07. The summed E-state index contributed by atoms with van der Waals surface area (Å²) in [5, 5.41) is 0. The molecule has 2 aromatic rings. The van der Waals surface area contributed by atoms with E-state index in [1.807, 2.05) is 12.1 Å². The van der Waals surface area contributed by atoms with E-state index in [-0.39, 0.29) is 19.0 Å². The molecular formula is C23H28F3NO4. The van der Waals surface area contributed by atoms with Crippen LogP contribution in [0.1, 0.15) is 42.4 Å². The van der Waals surface area contributed by atoms with E-state index in [2.05, 4.69) is 4.90 Å². The Morgan fingerprint density at radius 1 is 1.16 bits per heavy atom. The van der Waals surface area contributed by atoms with E-state index in [1.54, 1.807) is 20.1 Å². The second-order valence-corrected chi connectivity index (χ2v) is 7.95. The predicted octanol–water partition coefficient (Wildman–Crippen LogP) is 4.83. The number of rotatable bonds is 8. The van der Waals surface area contributed by atoms with Gasteiger partial charge in [-0.15, -0.1) is 0 Å². The van der Waals surface area contributed by atoms with Crippen molar-refractivity contribution in [2.45, 2.75) is 45.5 Å². The summed E-state index contributed by atoms with van der Waals surface area (Å²) in [7, 11) is 1.60. The van der Waals surface area contributed by atoms with Crippen molar-refractivity contribution >= 4 is 5.97 Å². The average Bonchev–Trinajstić information content (AvgIpc) is 3.16. The topological polar surface area (TPSA) is 51.9 Å². The molecule has 5 nitrogen and oxygen atoms in total. The summed E-state index contributed by atoms with van der Waals surface area (Å²) in [6, 6.07) is 8.99. The van der Waals surface area contributed by atoms with Crippen LogP contribution in [0.4, 0.5) is 13.2 Å². The highest BCUT2D eigenvalue weighted by molar-refractivity contribution is 5.77. The zero-order chi connectivity index (χ0) is 22.5. The Bertz CT molecular complexity index is 870. The van der Waals surface area contributed by atoms with Crippen LogP contribution >= 0.6 is 0 Å². The molecule has 1 saturated heterocycles. The van der Waals surface area contributed by atoms with Crippen LogP contribution in [0.25, 0.3) is 0 Å². The third kappa shape index (κ3) is 5.89. The third-order valence-electron chi connectivity index (χ3n) is 5.70. The molecule has 0 amide bonds. The maximum Gasteiger partial charge on any atom is 0.416 e. The number of ether oxygens (including phenoxy) is 2. The summed E-state index contributed by atoms with van der Waals surface area (Å²) in [6.07, 6.45) is -3.18. The summed E-state index contributed by atoms with van der Waals surface area (Å²) in [6.45, 7) is 4.23. The Labute approximate surface area is 180 Å². The number of halogens is 3. The average molecular weight is 439 g/mol. The van der Waals surface area contributed by atoms with Gasteiger partial charge in [-0.2, -0.15) is 13.2 Å². The molecule has 0 spiro atoms. The molecule has 0 N–H and O–H groups in total. The van der Waals surface area contributed by atoms with Crippen LogP contribution in [0, 0.1) is 5.41 Å². The van der Waals surface area contributed by atoms with Crippen molar-refractivity contribution in [1.29, 1.82) is 0 Å². The summed E-state index contributed by atoms with van der Waals surface area (Å²) < 4.78 is 55.5. The predicted molar refractivity (Wildman–Crippen MR) is 108 cm³/mol. The Balaban J connectivity index is 1.71. The molecule has 0 unspecified atom stereocenters. The fraction of sp³-hybridized carbons (Fsp3) is 0.522. The number of carbonyl (C=O) groups is 1. The molecule has 0 saturated carbocycles. The van der Waals surface area contributed by atoms with Gasteiger partial charge in [0.25, 0.3) is 0 Å². The molecule has 1 aromatic carbocycles. The zero-order valence-electron chi connectivity index (χ0n) is 17.8. The molecule has 8 heteroatoms. The minimum absolute atomic E-state index is 0.225. The molecule has 0 atom stereocenters. The number of carbonyl (C=O) groups excluding carboxylic acids is 1. The minimum Gasteiger partial charge on any atom is -0.466 e. The van der Waals surface area contributed by atoms with Gasteiger partial charge < -0.3 is 13.9 Å². The monoisotopic (exact) mass is 439 g/mol. The van der Waals surface area contributed by atoms with Crippen molar-refractivity contribution in [2.24, 2.45) is 5.41 Å². The Morgan fingerprint density at radius 2 is 1.87 bits per heavy atom. The highest BCUT2D eigenvalue weighted by Gasteiger charge is 2.43. The van der Waals surface area contributed by atoms with Crippen molar-refractivity contribution in [3.8, 4) is 0 Å². The van der Waals surface area contributed by atoms with Crippen molar-refractivity contribution < 1.29 is 31.9 Å². The number of alkyl halides is 3. The summed E-state index contributed by atoms with van der Waals surface area (Å²) in [4.78, 5) is 15.0. The molecule has 31 heavy (non-hydrogen) atoms. The van der Waals surface area contributed by atoms with Crippen LogP contribution in [0.3, 0.4) is 0 Å². The van der Waals surface area contributed by atoms with E-state index in [9.17, 15) is 18.0 Å². The summed E-state index contributed by atoms with van der Waals surface area (Å²) >= 11 is 0. The number of furan rings is 1. The van der Waals surface area contributed by atoms with E-state index in [0.29, 0.717) is 44.6 Å². The van der Waals surface area contributed by atoms with Crippen LogP contribution in [-0.4, -0.2) is 37.7 Å². The SMILES string of the molecule is CCOC(=O)C1(Cc2cccc(C(F)(F)F)c2)CCN(Cc2ccc(COC)o2)CC1. The number of hydrogen-bond donors (Lipinski definition) is 0. The van der Waals surface area contributed by atoms with Gasteiger partial charge in [0.1, 0.15) is 18.1 Å². The minimum atomic E-state index is -4.42. The van der Waals surface area contributed by atoms with Crippen LogP contribution in [0.5, 0.6) is 0 Å². The van der Waals surface area contributed by atoms with E-state index in [4.69, 9.17) is 13.9 Å². The number of piperidine rings is 1. The van der Waals surface area contributed by atoms with E-state index in [0.717, 1.165) is 23.7 Å². The normalized spacial score (nSPS) is 16.9. The molecule has 1 aliphatic heterocycles. The molecule has 0 aliphatic carbocycles. The first-order valence-electron chi connectivity index (χ1n) is 10.4. The van der Waals surface area contributed by atoms with Gasteiger partial charge >= 0.3 is 12.1 Å². The lowest BCUT2D eigenvalue weighted by Gasteiger charge is -2.40. The van der Waals surface area contributed by atoms with Gasteiger partial charge in [0.15, 0.2) is 0 Å². The first-order valence-corrected chi connectivity index (χ1v) is 10.4. The first kappa shape index (κ1) is 23.3. The molecule has 2 heterocycles. The van der Waals surface area contributed by atoms with Crippen LogP contribution in [0.2, 0.25) is 0 Å².